The van der Waals surface area contributed by atoms with Gasteiger partial charge in [-0.1, -0.05) is 20.8 Å². The molecule has 0 radical (unpaired) electrons. The van der Waals surface area contributed by atoms with Crippen LogP contribution in [0.2, 0.25) is 0 Å². The third-order valence-corrected chi connectivity index (χ3v) is 3.42. The molecule has 21 heavy (non-hydrogen) atoms. The molecule has 0 fully saturated rings. The Kier molecular flexibility index (Phi) is 7.43. The van der Waals surface area contributed by atoms with Crippen molar-refractivity contribution >= 4 is 11.6 Å². The van der Waals surface area contributed by atoms with Crippen LogP contribution in [0.15, 0.2) is 6.07 Å². The lowest BCUT2D eigenvalue weighted by molar-refractivity contribution is 0.178. The van der Waals surface area contributed by atoms with Crippen molar-refractivity contribution in [2.24, 2.45) is 5.92 Å². The van der Waals surface area contributed by atoms with Crippen LogP contribution < -0.4 is 10.2 Å². The number of aromatic nitrogens is 2. The van der Waals surface area contributed by atoms with Crippen molar-refractivity contribution in [2.75, 3.05) is 30.9 Å². The summed E-state index contributed by atoms with van der Waals surface area (Å²) in [5.74, 6) is 3.21. The predicted octanol–water partition coefficient (Wildman–Crippen LogP) is 3.32. The van der Waals surface area contributed by atoms with Crippen LogP contribution in [0.4, 0.5) is 11.6 Å². The van der Waals surface area contributed by atoms with Gasteiger partial charge in [0.1, 0.15) is 18.2 Å². The standard InChI is InChI=1S/C16H30N4O/c1-7-8-17-14-10-16(19-15(18-14)11-21-6)20(5)13(4)9-12(2)3/h10,12-13H,7-9,11H2,1-6H3,(H,17,18,19). The van der Waals surface area contributed by atoms with E-state index < -0.39 is 0 Å². The molecule has 0 aliphatic heterocycles. The van der Waals surface area contributed by atoms with Crippen molar-refractivity contribution in [3.8, 4) is 0 Å². The monoisotopic (exact) mass is 294 g/mol. The minimum Gasteiger partial charge on any atom is -0.377 e. The molecule has 120 valence electrons. The van der Waals surface area contributed by atoms with E-state index in [1.165, 1.54) is 0 Å². The molecule has 1 aromatic rings. The topological polar surface area (TPSA) is 50.3 Å². The Balaban J connectivity index is 2.94. The van der Waals surface area contributed by atoms with Crippen molar-refractivity contribution in [3.63, 3.8) is 0 Å². The Morgan fingerprint density at radius 2 is 2.00 bits per heavy atom. The highest BCUT2D eigenvalue weighted by molar-refractivity contribution is 5.49. The lowest BCUT2D eigenvalue weighted by atomic mass is 10.0. The van der Waals surface area contributed by atoms with E-state index in [1.54, 1.807) is 7.11 Å². The Bertz CT molecular complexity index is 423. The maximum absolute atomic E-state index is 5.18. The maximum Gasteiger partial charge on any atom is 0.158 e. The first-order valence-corrected chi connectivity index (χ1v) is 7.81. The van der Waals surface area contributed by atoms with Crippen LogP contribution in [0.25, 0.3) is 0 Å². The summed E-state index contributed by atoms with van der Waals surface area (Å²) in [4.78, 5) is 11.3. The van der Waals surface area contributed by atoms with Gasteiger partial charge in [0, 0.05) is 32.8 Å². The lowest BCUT2D eigenvalue weighted by Crippen LogP contribution is -2.31. The minimum atomic E-state index is 0.432. The Morgan fingerprint density at radius 3 is 2.57 bits per heavy atom. The number of rotatable bonds is 9. The molecule has 1 atom stereocenters. The van der Waals surface area contributed by atoms with E-state index in [0.717, 1.165) is 36.8 Å². The van der Waals surface area contributed by atoms with E-state index >= 15 is 0 Å². The molecule has 0 bridgehead atoms. The van der Waals surface area contributed by atoms with Gasteiger partial charge < -0.3 is 15.0 Å². The molecule has 1 rings (SSSR count). The van der Waals surface area contributed by atoms with Gasteiger partial charge in [0.05, 0.1) is 0 Å². The third kappa shape index (κ3) is 5.87. The van der Waals surface area contributed by atoms with E-state index in [4.69, 9.17) is 4.74 Å². The Hall–Kier alpha value is -1.36. The summed E-state index contributed by atoms with van der Waals surface area (Å²) in [5, 5.41) is 3.33. The first-order valence-electron chi connectivity index (χ1n) is 7.81. The predicted molar refractivity (Wildman–Crippen MR) is 88.8 cm³/mol. The number of anilines is 2. The van der Waals surface area contributed by atoms with Gasteiger partial charge in [-0.25, -0.2) is 9.97 Å². The first-order chi connectivity index (χ1) is 9.97. The number of methoxy groups -OCH3 is 1. The van der Waals surface area contributed by atoms with Crippen LogP contribution in [0.3, 0.4) is 0 Å². The van der Waals surface area contributed by atoms with Crippen LogP contribution in [0.5, 0.6) is 0 Å². The number of hydrogen-bond donors (Lipinski definition) is 1. The molecule has 1 unspecified atom stereocenters. The van der Waals surface area contributed by atoms with E-state index in [-0.39, 0.29) is 0 Å². The molecule has 1 N–H and O–H groups in total. The second kappa shape index (κ2) is 8.82. The van der Waals surface area contributed by atoms with Gasteiger partial charge in [0.25, 0.3) is 0 Å². The molecule has 1 heterocycles. The molecular weight excluding hydrogens is 264 g/mol. The van der Waals surface area contributed by atoms with Crippen molar-refractivity contribution in [2.45, 2.75) is 53.2 Å². The molecule has 0 aliphatic carbocycles. The minimum absolute atomic E-state index is 0.432. The molecule has 0 amide bonds. The summed E-state index contributed by atoms with van der Waals surface area (Å²) >= 11 is 0. The van der Waals surface area contributed by atoms with Gasteiger partial charge in [-0.15, -0.1) is 0 Å². The number of ether oxygens (including phenoxy) is 1. The van der Waals surface area contributed by atoms with Crippen molar-refractivity contribution in [1.29, 1.82) is 0 Å². The van der Waals surface area contributed by atoms with Crippen molar-refractivity contribution in [1.82, 2.24) is 9.97 Å². The quantitative estimate of drug-likeness (QED) is 0.757. The Morgan fingerprint density at radius 1 is 1.29 bits per heavy atom. The van der Waals surface area contributed by atoms with Crippen LogP contribution in [0, 0.1) is 5.92 Å². The molecule has 0 saturated heterocycles. The number of hydrogen-bond acceptors (Lipinski definition) is 5. The van der Waals surface area contributed by atoms with Crippen LogP contribution >= 0.6 is 0 Å². The summed E-state index contributed by atoms with van der Waals surface area (Å²) in [6.07, 6.45) is 2.20. The second-order valence-corrected chi connectivity index (χ2v) is 5.98. The van der Waals surface area contributed by atoms with E-state index in [1.807, 2.05) is 6.07 Å². The maximum atomic E-state index is 5.18. The highest BCUT2D eigenvalue weighted by Gasteiger charge is 2.15. The molecular formula is C16H30N4O. The van der Waals surface area contributed by atoms with Crippen LogP contribution in [0.1, 0.15) is 46.4 Å². The fourth-order valence-corrected chi connectivity index (χ4v) is 2.27. The number of nitrogens with one attached hydrogen (secondary N) is 1. The molecule has 5 heteroatoms. The van der Waals surface area contributed by atoms with Gasteiger partial charge in [0.15, 0.2) is 5.82 Å². The van der Waals surface area contributed by atoms with E-state index in [2.05, 4.69) is 54.9 Å². The largest absolute Gasteiger partial charge is 0.377 e. The smallest absolute Gasteiger partial charge is 0.158 e. The Labute approximate surface area is 129 Å². The average molecular weight is 294 g/mol. The van der Waals surface area contributed by atoms with Gasteiger partial charge >= 0.3 is 0 Å². The van der Waals surface area contributed by atoms with Gasteiger partial charge in [0.2, 0.25) is 0 Å². The second-order valence-electron chi connectivity index (χ2n) is 5.98. The SMILES string of the molecule is CCCNc1cc(N(C)C(C)CC(C)C)nc(COC)n1. The van der Waals surface area contributed by atoms with Crippen LogP contribution in [-0.4, -0.2) is 36.7 Å². The highest BCUT2D eigenvalue weighted by atomic mass is 16.5. The van der Waals surface area contributed by atoms with Gasteiger partial charge in [-0.3, -0.25) is 0 Å². The van der Waals surface area contributed by atoms with Gasteiger partial charge in [-0.05, 0) is 25.7 Å². The van der Waals surface area contributed by atoms with E-state index in [9.17, 15) is 0 Å². The molecule has 0 aliphatic rings. The summed E-state index contributed by atoms with van der Waals surface area (Å²) in [6, 6.07) is 2.46. The van der Waals surface area contributed by atoms with Gasteiger partial charge in [-0.2, -0.15) is 0 Å². The number of nitrogens with zero attached hydrogens (tertiary/aromatic N) is 3. The molecule has 1 aromatic heterocycles. The fourth-order valence-electron chi connectivity index (χ4n) is 2.27. The molecule has 0 saturated carbocycles. The highest BCUT2D eigenvalue weighted by Crippen LogP contribution is 2.20. The summed E-state index contributed by atoms with van der Waals surface area (Å²) in [5.41, 5.74) is 0. The molecule has 5 nitrogen and oxygen atoms in total. The van der Waals surface area contributed by atoms with E-state index in [0.29, 0.717) is 18.6 Å². The first kappa shape index (κ1) is 17.7. The zero-order valence-electron chi connectivity index (χ0n) is 14.3. The third-order valence-electron chi connectivity index (χ3n) is 3.42. The molecule has 0 spiro atoms. The van der Waals surface area contributed by atoms with Crippen LogP contribution in [-0.2, 0) is 11.3 Å². The zero-order chi connectivity index (χ0) is 15.8. The normalized spacial score (nSPS) is 12.5. The summed E-state index contributed by atoms with van der Waals surface area (Å²) in [7, 11) is 3.76. The lowest BCUT2D eigenvalue weighted by Gasteiger charge is -2.28. The van der Waals surface area contributed by atoms with Crippen molar-refractivity contribution < 1.29 is 4.74 Å². The zero-order valence-corrected chi connectivity index (χ0v) is 14.3. The molecule has 0 aromatic carbocycles. The summed E-state index contributed by atoms with van der Waals surface area (Å²) in [6.45, 7) is 10.2. The fraction of sp³-hybridized carbons (Fsp3) is 0.750. The van der Waals surface area contributed by atoms with Crippen molar-refractivity contribution in [3.05, 3.63) is 11.9 Å². The summed E-state index contributed by atoms with van der Waals surface area (Å²) < 4.78 is 5.18. The average Bonchev–Trinajstić information content (AvgIpc) is 2.43.